The highest BCUT2D eigenvalue weighted by atomic mass is 16.4. The van der Waals surface area contributed by atoms with E-state index in [1.54, 1.807) is 19.1 Å². The minimum absolute atomic E-state index is 0.0139. The summed E-state index contributed by atoms with van der Waals surface area (Å²) >= 11 is 0. The second-order valence-corrected chi connectivity index (χ2v) is 4.97. The lowest BCUT2D eigenvalue weighted by Crippen LogP contribution is -2.43. The molecule has 1 fully saturated rings. The largest absolute Gasteiger partial charge is 0.480 e. The fraction of sp³-hybridized carbons (Fsp3) is 0.357. The number of aliphatic hydroxyl groups is 1. The molecule has 110 valence electrons. The van der Waals surface area contributed by atoms with Crippen molar-refractivity contribution in [2.24, 2.45) is 0 Å². The van der Waals surface area contributed by atoms with Crippen LogP contribution in [0.15, 0.2) is 18.2 Å². The molecule has 2 amide bonds. The summed E-state index contributed by atoms with van der Waals surface area (Å²) in [6, 6.07) is 5.18. The van der Waals surface area contributed by atoms with Gasteiger partial charge in [0.15, 0.2) is 0 Å². The van der Waals surface area contributed by atoms with E-state index < -0.39 is 24.1 Å². The Morgan fingerprint density at radius 2 is 2.19 bits per heavy atom. The number of aliphatic hydroxyl groups excluding tert-OH is 1. The van der Waals surface area contributed by atoms with Crippen LogP contribution in [0.25, 0.3) is 0 Å². The molecule has 7 heteroatoms. The number of nitriles is 1. The summed E-state index contributed by atoms with van der Waals surface area (Å²) in [5.41, 5.74) is 1.60. The molecule has 1 aliphatic heterocycles. The fourth-order valence-corrected chi connectivity index (χ4v) is 2.29. The van der Waals surface area contributed by atoms with Gasteiger partial charge in [-0.1, -0.05) is 6.07 Å². The maximum absolute atomic E-state index is 12.2. The first kappa shape index (κ1) is 14.8. The van der Waals surface area contributed by atoms with Crippen molar-refractivity contribution in [2.75, 3.05) is 11.9 Å². The number of carboxylic acid groups (broad SMARTS) is 1. The van der Waals surface area contributed by atoms with Crippen LogP contribution in [0.3, 0.4) is 0 Å². The molecule has 1 aromatic carbocycles. The predicted octanol–water partition coefficient (Wildman–Crippen LogP) is 0.918. The summed E-state index contributed by atoms with van der Waals surface area (Å²) in [5.74, 6) is -1.15. The summed E-state index contributed by atoms with van der Waals surface area (Å²) < 4.78 is 0. The molecule has 0 aliphatic carbocycles. The average molecular weight is 289 g/mol. The lowest BCUT2D eigenvalue weighted by Gasteiger charge is -2.22. The maximum Gasteiger partial charge on any atom is 0.326 e. The lowest BCUT2D eigenvalue weighted by molar-refractivity contribution is -0.141. The van der Waals surface area contributed by atoms with Crippen molar-refractivity contribution in [3.8, 4) is 6.07 Å². The van der Waals surface area contributed by atoms with Gasteiger partial charge >= 0.3 is 12.0 Å². The monoisotopic (exact) mass is 289 g/mol. The van der Waals surface area contributed by atoms with E-state index in [0.717, 1.165) is 10.5 Å². The van der Waals surface area contributed by atoms with Gasteiger partial charge in [-0.15, -0.1) is 0 Å². The van der Waals surface area contributed by atoms with Crippen molar-refractivity contribution in [1.82, 2.24) is 4.90 Å². The standard InChI is InChI=1S/C14H15N3O4/c1-8-2-3-9(6-15)4-11(8)16-14(21)17-7-10(18)5-12(17)13(19)20/h2-4,10,12,18H,5,7H2,1H3,(H,16,21)(H,19,20)/t10-,12+/m1/s1. The molecular formula is C14H15N3O4. The highest BCUT2D eigenvalue weighted by molar-refractivity contribution is 5.93. The fourth-order valence-electron chi connectivity index (χ4n) is 2.29. The number of carboxylic acids is 1. The van der Waals surface area contributed by atoms with Gasteiger partial charge < -0.3 is 20.4 Å². The number of carbonyl (C=O) groups is 2. The van der Waals surface area contributed by atoms with Gasteiger partial charge in [-0.2, -0.15) is 5.26 Å². The highest BCUT2D eigenvalue weighted by Crippen LogP contribution is 2.22. The average Bonchev–Trinajstić information content (AvgIpc) is 2.83. The number of aryl methyl sites for hydroxylation is 1. The second-order valence-electron chi connectivity index (χ2n) is 4.97. The van der Waals surface area contributed by atoms with E-state index >= 15 is 0 Å². The molecule has 21 heavy (non-hydrogen) atoms. The Morgan fingerprint density at radius 1 is 1.48 bits per heavy atom. The smallest absolute Gasteiger partial charge is 0.326 e. The van der Waals surface area contributed by atoms with Crippen molar-refractivity contribution < 1.29 is 19.8 Å². The van der Waals surface area contributed by atoms with Crippen molar-refractivity contribution in [3.63, 3.8) is 0 Å². The molecule has 2 rings (SSSR count). The van der Waals surface area contributed by atoms with Crippen molar-refractivity contribution in [1.29, 1.82) is 5.26 Å². The molecule has 1 saturated heterocycles. The molecule has 0 spiro atoms. The third-order valence-corrected chi connectivity index (χ3v) is 3.43. The van der Waals surface area contributed by atoms with E-state index in [-0.39, 0.29) is 13.0 Å². The molecular weight excluding hydrogens is 274 g/mol. The van der Waals surface area contributed by atoms with Crippen molar-refractivity contribution in [3.05, 3.63) is 29.3 Å². The zero-order valence-corrected chi connectivity index (χ0v) is 11.4. The second kappa shape index (κ2) is 5.81. The number of anilines is 1. The maximum atomic E-state index is 12.2. The van der Waals surface area contributed by atoms with E-state index in [9.17, 15) is 14.7 Å². The molecule has 2 atom stereocenters. The molecule has 0 radical (unpaired) electrons. The summed E-state index contributed by atoms with van der Waals surface area (Å²) in [6.45, 7) is 1.74. The topological polar surface area (TPSA) is 114 Å². The van der Waals surface area contributed by atoms with Crippen LogP contribution in [-0.2, 0) is 4.79 Å². The normalized spacial score (nSPS) is 20.9. The van der Waals surface area contributed by atoms with Gasteiger partial charge in [0.1, 0.15) is 6.04 Å². The Morgan fingerprint density at radius 3 is 2.81 bits per heavy atom. The van der Waals surface area contributed by atoms with Gasteiger partial charge in [0.25, 0.3) is 0 Å². The van der Waals surface area contributed by atoms with Gasteiger partial charge in [-0.3, -0.25) is 0 Å². The third kappa shape index (κ3) is 3.12. The zero-order chi connectivity index (χ0) is 15.6. The van der Waals surface area contributed by atoms with Gasteiger partial charge in [0.2, 0.25) is 0 Å². The molecule has 0 saturated carbocycles. The van der Waals surface area contributed by atoms with E-state index in [1.807, 2.05) is 6.07 Å². The molecule has 0 bridgehead atoms. The summed E-state index contributed by atoms with van der Waals surface area (Å²) in [6.07, 6.45) is -0.830. The number of nitrogens with one attached hydrogen (secondary N) is 1. The summed E-state index contributed by atoms with van der Waals surface area (Å²) in [5, 5.41) is 30.1. The minimum Gasteiger partial charge on any atom is -0.480 e. The number of carbonyl (C=O) groups excluding carboxylic acids is 1. The van der Waals surface area contributed by atoms with Crippen molar-refractivity contribution >= 4 is 17.7 Å². The lowest BCUT2D eigenvalue weighted by atomic mass is 10.1. The van der Waals surface area contributed by atoms with Gasteiger partial charge in [0.05, 0.1) is 17.7 Å². The number of amides is 2. The quantitative estimate of drug-likeness (QED) is 0.749. The van der Waals surface area contributed by atoms with E-state index in [0.29, 0.717) is 11.3 Å². The molecule has 0 unspecified atom stereocenters. The first-order valence-corrected chi connectivity index (χ1v) is 6.41. The Balaban J connectivity index is 2.18. The number of rotatable bonds is 2. The zero-order valence-electron chi connectivity index (χ0n) is 11.4. The number of urea groups is 1. The summed E-state index contributed by atoms with van der Waals surface area (Å²) in [4.78, 5) is 24.4. The first-order chi connectivity index (χ1) is 9.92. The van der Waals surface area contributed by atoms with E-state index in [1.165, 1.54) is 6.07 Å². The van der Waals surface area contributed by atoms with Gasteiger partial charge in [-0.05, 0) is 24.6 Å². The molecule has 1 aromatic rings. The molecule has 0 aromatic heterocycles. The van der Waals surface area contributed by atoms with Crippen LogP contribution in [0.4, 0.5) is 10.5 Å². The molecule has 1 heterocycles. The Hall–Kier alpha value is -2.59. The van der Waals surface area contributed by atoms with Crippen LogP contribution in [0.1, 0.15) is 17.5 Å². The van der Waals surface area contributed by atoms with Crippen LogP contribution in [0.5, 0.6) is 0 Å². The molecule has 7 nitrogen and oxygen atoms in total. The molecule has 1 aliphatic rings. The van der Waals surface area contributed by atoms with Crippen LogP contribution >= 0.6 is 0 Å². The van der Waals surface area contributed by atoms with Crippen LogP contribution < -0.4 is 5.32 Å². The van der Waals surface area contributed by atoms with E-state index in [4.69, 9.17) is 10.4 Å². The van der Waals surface area contributed by atoms with Crippen LogP contribution in [-0.4, -0.2) is 45.8 Å². The number of aliphatic carboxylic acids is 1. The number of hydrogen-bond acceptors (Lipinski definition) is 4. The number of β-amino-alcohol motifs (C(OH)–C–C–N with tert-alkyl or cyclic N) is 1. The molecule has 3 N–H and O–H groups in total. The van der Waals surface area contributed by atoms with Crippen LogP contribution in [0, 0.1) is 18.3 Å². The Kier molecular flexibility index (Phi) is 4.10. The number of likely N-dealkylation sites (tertiary alicyclic amines) is 1. The predicted molar refractivity (Wildman–Crippen MR) is 73.7 cm³/mol. The number of benzene rings is 1. The highest BCUT2D eigenvalue weighted by Gasteiger charge is 2.39. The minimum atomic E-state index is -1.15. The van der Waals surface area contributed by atoms with Gasteiger partial charge in [-0.25, -0.2) is 9.59 Å². The number of nitrogens with zero attached hydrogens (tertiary/aromatic N) is 2. The Labute approximate surface area is 121 Å². The Bertz CT molecular complexity index is 623. The third-order valence-electron chi connectivity index (χ3n) is 3.43. The summed E-state index contributed by atoms with van der Waals surface area (Å²) in [7, 11) is 0. The van der Waals surface area contributed by atoms with Crippen LogP contribution in [0.2, 0.25) is 0 Å². The first-order valence-electron chi connectivity index (χ1n) is 6.41. The SMILES string of the molecule is Cc1ccc(C#N)cc1NC(=O)N1C[C@H](O)C[C@H]1C(=O)O. The number of hydrogen-bond donors (Lipinski definition) is 3. The van der Waals surface area contributed by atoms with E-state index in [2.05, 4.69) is 5.32 Å². The van der Waals surface area contributed by atoms with Gasteiger partial charge in [0, 0.05) is 18.7 Å². The van der Waals surface area contributed by atoms with Crippen molar-refractivity contribution in [2.45, 2.75) is 25.5 Å².